The van der Waals surface area contributed by atoms with Gasteiger partial charge in [0.25, 0.3) is 0 Å². The van der Waals surface area contributed by atoms with Crippen molar-refractivity contribution in [2.75, 3.05) is 18.0 Å². The number of carbonyl (C=O) groups excluding carboxylic acids is 1. The number of hydrogen-bond acceptors (Lipinski definition) is 3. The van der Waals surface area contributed by atoms with E-state index in [0.29, 0.717) is 13.1 Å². The van der Waals surface area contributed by atoms with Gasteiger partial charge in [0.05, 0.1) is 11.2 Å². The Morgan fingerprint density at radius 2 is 1.91 bits per heavy atom. The lowest BCUT2D eigenvalue weighted by Gasteiger charge is -2.32. The van der Waals surface area contributed by atoms with Crippen LogP contribution in [-0.2, 0) is 15.7 Å². The summed E-state index contributed by atoms with van der Waals surface area (Å²) in [6.45, 7) is 11.5. The summed E-state index contributed by atoms with van der Waals surface area (Å²) in [5, 5.41) is 2.86. The number of hydrogen-bond donors (Lipinski definition) is 1. The first-order chi connectivity index (χ1) is 10.7. The third kappa shape index (κ3) is 2.74. The standard InChI is InChI=1S/C17H25BN2O3/c1-6-19-15(21)20-10-9-12-11-13(7-8-14(12)20)18-22-16(2,3)17(4,5)23-18/h7-8,11H,6,9-10H2,1-5H3,(H,19,21). The molecule has 2 heterocycles. The molecule has 0 atom stereocenters. The molecule has 1 aromatic carbocycles. The first-order valence-electron chi connectivity index (χ1n) is 8.29. The van der Waals surface area contributed by atoms with Gasteiger partial charge in [-0.25, -0.2) is 4.79 Å². The van der Waals surface area contributed by atoms with E-state index in [1.807, 2.05) is 19.1 Å². The van der Waals surface area contributed by atoms with E-state index in [-0.39, 0.29) is 24.4 Å². The summed E-state index contributed by atoms with van der Waals surface area (Å²) in [7, 11) is -0.358. The Morgan fingerprint density at radius 1 is 1.26 bits per heavy atom. The number of urea groups is 1. The van der Waals surface area contributed by atoms with E-state index in [0.717, 1.165) is 17.6 Å². The van der Waals surface area contributed by atoms with Gasteiger partial charge in [-0.1, -0.05) is 12.1 Å². The zero-order valence-corrected chi connectivity index (χ0v) is 14.6. The molecule has 0 aliphatic carbocycles. The van der Waals surface area contributed by atoms with Crippen LogP contribution in [-0.4, -0.2) is 37.4 Å². The van der Waals surface area contributed by atoms with Crippen LogP contribution in [0.2, 0.25) is 0 Å². The lowest BCUT2D eigenvalue weighted by atomic mass is 9.78. The normalized spacial score (nSPS) is 21.4. The monoisotopic (exact) mass is 316 g/mol. The largest absolute Gasteiger partial charge is 0.494 e. The van der Waals surface area contributed by atoms with Gasteiger partial charge in [0.2, 0.25) is 0 Å². The molecule has 5 nitrogen and oxygen atoms in total. The molecule has 2 aliphatic rings. The minimum atomic E-state index is -0.358. The van der Waals surface area contributed by atoms with Crippen molar-refractivity contribution >= 4 is 24.3 Å². The van der Waals surface area contributed by atoms with E-state index in [1.165, 1.54) is 5.56 Å². The highest BCUT2D eigenvalue weighted by molar-refractivity contribution is 6.62. The number of carbonyl (C=O) groups is 1. The first kappa shape index (κ1) is 16.3. The molecule has 2 amide bonds. The molecule has 6 heteroatoms. The zero-order chi connectivity index (χ0) is 16.8. The lowest BCUT2D eigenvalue weighted by Crippen LogP contribution is -2.41. The fraction of sp³-hybridized carbons (Fsp3) is 0.588. The summed E-state index contributed by atoms with van der Waals surface area (Å²) in [5.41, 5.74) is 2.48. The molecule has 124 valence electrons. The van der Waals surface area contributed by atoms with Crippen molar-refractivity contribution in [3.05, 3.63) is 23.8 Å². The van der Waals surface area contributed by atoms with Crippen LogP contribution in [0.5, 0.6) is 0 Å². The van der Waals surface area contributed by atoms with Gasteiger partial charge in [0, 0.05) is 18.8 Å². The van der Waals surface area contributed by atoms with Gasteiger partial charge in [-0.3, -0.25) is 4.90 Å². The maximum Gasteiger partial charge on any atom is 0.494 e. The minimum Gasteiger partial charge on any atom is -0.399 e. The van der Waals surface area contributed by atoms with Crippen LogP contribution in [0.3, 0.4) is 0 Å². The van der Waals surface area contributed by atoms with Crippen LogP contribution in [0.1, 0.15) is 40.2 Å². The van der Waals surface area contributed by atoms with Gasteiger partial charge in [0.15, 0.2) is 0 Å². The van der Waals surface area contributed by atoms with Crippen LogP contribution in [0.15, 0.2) is 18.2 Å². The Bertz CT molecular complexity index is 614. The SMILES string of the molecule is CCNC(=O)N1CCc2cc(B3OC(C)(C)C(C)(C)O3)ccc21. The fourth-order valence-electron chi connectivity index (χ4n) is 3.01. The van der Waals surface area contributed by atoms with E-state index < -0.39 is 0 Å². The summed E-state index contributed by atoms with van der Waals surface area (Å²) in [6.07, 6.45) is 0.861. The Balaban J connectivity index is 1.83. The van der Waals surface area contributed by atoms with Crippen molar-refractivity contribution < 1.29 is 14.1 Å². The van der Waals surface area contributed by atoms with Crippen molar-refractivity contribution in [2.24, 2.45) is 0 Å². The molecule has 1 N–H and O–H groups in total. The van der Waals surface area contributed by atoms with Crippen LogP contribution in [0, 0.1) is 0 Å². The minimum absolute atomic E-state index is 0.0327. The highest BCUT2D eigenvalue weighted by Gasteiger charge is 2.51. The summed E-state index contributed by atoms with van der Waals surface area (Å²) in [4.78, 5) is 13.9. The number of amides is 2. The average Bonchev–Trinajstić information content (AvgIpc) is 2.97. The van der Waals surface area contributed by atoms with Gasteiger partial charge in [-0.15, -0.1) is 0 Å². The van der Waals surface area contributed by atoms with E-state index >= 15 is 0 Å². The molecule has 0 unspecified atom stereocenters. The quantitative estimate of drug-likeness (QED) is 0.850. The molecule has 0 spiro atoms. The molecular weight excluding hydrogens is 291 g/mol. The number of anilines is 1. The highest BCUT2D eigenvalue weighted by atomic mass is 16.7. The topological polar surface area (TPSA) is 50.8 Å². The Labute approximate surface area is 138 Å². The van der Waals surface area contributed by atoms with E-state index in [1.54, 1.807) is 4.90 Å². The number of nitrogens with one attached hydrogen (secondary N) is 1. The van der Waals surface area contributed by atoms with Gasteiger partial charge in [-0.05, 0) is 58.1 Å². The lowest BCUT2D eigenvalue weighted by molar-refractivity contribution is 0.00578. The van der Waals surface area contributed by atoms with Gasteiger partial charge in [0.1, 0.15) is 0 Å². The number of rotatable bonds is 2. The third-order valence-electron chi connectivity index (χ3n) is 5.10. The molecule has 1 aromatic rings. The molecule has 0 aromatic heterocycles. The molecule has 2 aliphatic heterocycles. The molecular formula is C17H25BN2O3. The van der Waals surface area contributed by atoms with E-state index in [9.17, 15) is 4.79 Å². The molecule has 0 bridgehead atoms. The first-order valence-corrected chi connectivity index (χ1v) is 8.29. The van der Waals surface area contributed by atoms with Crippen molar-refractivity contribution in [2.45, 2.75) is 52.2 Å². The maximum absolute atomic E-state index is 12.1. The highest BCUT2D eigenvalue weighted by Crippen LogP contribution is 2.37. The van der Waals surface area contributed by atoms with Crippen LogP contribution in [0.25, 0.3) is 0 Å². The summed E-state index contributed by atoms with van der Waals surface area (Å²) < 4.78 is 12.2. The number of nitrogens with zero attached hydrogens (tertiary/aromatic N) is 1. The third-order valence-corrected chi connectivity index (χ3v) is 5.10. The second-order valence-electron chi connectivity index (χ2n) is 7.21. The fourth-order valence-corrected chi connectivity index (χ4v) is 3.01. The average molecular weight is 316 g/mol. The van der Waals surface area contributed by atoms with E-state index in [2.05, 4.69) is 39.1 Å². The van der Waals surface area contributed by atoms with Crippen LogP contribution < -0.4 is 15.7 Å². The van der Waals surface area contributed by atoms with Crippen molar-refractivity contribution in [1.29, 1.82) is 0 Å². The summed E-state index contributed by atoms with van der Waals surface area (Å²) >= 11 is 0. The van der Waals surface area contributed by atoms with Crippen molar-refractivity contribution in [3.8, 4) is 0 Å². The second kappa shape index (κ2) is 5.53. The van der Waals surface area contributed by atoms with E-state index in [4.69, 9.17) is 9.31 Å². The van der Waals surface area contributed by atoms with Crippen LogP contribution >= 0.6 is 0 Å². The second-order valence-corrected chi connectivity index (χ2v) is 7.21. The van der Waals surface area contributed by atoms with Crippen molar-refractivity contribution in [3.63, 3.8) is 0 Å². The molecule has 0 saturated carbocycles. The molecule has 1 fully saturated rings. The Kier molecular flexibility index (Phi) is 3.93. The summed E-state index contributed by atoms with van der Waals surface area (Å²) in [6, 6.07) is 6.07. The van der Waals surface area contributed by atoms with Crippen molar-refractivity contribution in [1.82, 2.24) is 5.32 Å². The molecule has 3 rings (SSSR count). The molecule has 23 heavy (non-hydrogen) atoms. The van der Waals surface area contributed by atoms with Crippen LogP contribution in [0.4, 0.5) is 10.5 Å². The van der Waals surface area contributed by atoms with Gasteiger partial charge < -0.3 is 14.6 Å². The molecule has 0 radical (unpaired) electrons. The Morgan fingerprint density at radius 3 is 2.52 bits per heavy atom. The number of fused-ring (bicyclic) bond motifs is 1. The number of benzene rings is 1. The smallest absolute Gasteiger partial charge is 0.399 e. The predicted molar refractivity (Wildman–Crippen MR) is 92.3 cm³/mol. The Hall–Kier alpha value is -1.53. The zero-order valence-electron chi connectivity index (χ0n) is 14.6. The summed E-state index contributed by atoms with van der Waals surface area (Å²) in [5.74, 6) is 0. The van der Waals surface area contributed by atoms with Gasteiger partial charge >= 0.3 is 13.1 Å². The molecule has 1 saturated heterocycles. The maximum atomic E-state index is 12.1. The van der Waals surface area contributed by atoms with Gasteiger partial charge in [-0.2, -0.15) is 0 Å². The predicted octanol–water partition coefficient (Wildman–Crippen LogP) is 2.08.